The molecule has 2 aromatic rings. The van der Waals surface area contributed by atoms with Gasteiger partial charge in [0.2, 0.25) is 5.96 Å². The summed E-state index contributed by atoms with van der Waals surface area (Å²) in [5, 5.41) is 11.9. The van der Waals surface area contributed by atoms with Gasteiger partial charge in [-0.2, -0.15) is 10.2 Å². The van der Waals surface area contributed by atoms with E-state index in [1.54, 1.807) is 48.7 Å². The molecule has 0 bridgehead atoms. The number of nitrogens with two attached hydrogens (primary N) is 1. The summed E-state index contributed by atoms with van der Waals surface area (Å²) in [4.78, 5) is 0. The molecule has 0 aliphatic carbocycles. The van der Waals surface area contributed by atoms with Gasteiger partial charge in [0.15, 0.2) is 0 Å². The molecule has 0 fully saturated rings. The molecule has 2 rings (SSSR count). The van der Waals surface area contributed by atoms with Crippen molar-refractivity contribution in [1.82, 2.24) is 5.43 Å². The van der Waals surface area contributed by atoms with E-state index in [2.05, 4.69) is 20.7 Å². The smallest absolute Gasteiger partial charge is 0.234 e. The molecule has 0 unspecified atom stereocenters. The van der Waals surface area contributed by atoms with Crippen LogP contribution in [0.1, 0.15) is 11.1 Å². The van der Waals surface area contributed by atoms with Crippen LogP contribution in [0.25, 0.3) is 0 Å². The minimum atomic E-state index is -0.381. The Morgan fingerprint density at radius 1 is 1.09 bits per heavy atom. The van der Waals surface area contributed by atoms with Gasteiger partial charge >= 0.3 is 0 Å². The lowest BCUT2D eigenvalue weighted by atomic mass is 10.2. The summed E-state index contributed by atoms with van der Waals surface area (Å²) >= 11 is 5.77. The maximum Gasteiger partial charge on any atom is 0.234 e. The number of nitrogens with one attached hydrogen (secondary N) is 1. The molecular weight excluding hydrogens is 340 g/mol. The molecule has 0 atom stereocenters. The van der Waals surface area contributed by atoms with Crippen molar-refractivity contribution >= 4 is 42.4 Å². The van der Waals surface area contributed by atoms with Crippen LogP contribution in [0.5, 0.6) is 0 Å². The molecule has 0 aromatic heterocycles. The fourth-order valence-electron chi connectivity index (χ4n) is 1.48. The number of rotatable bonds is 4. The fraction of sp³-hybridized carbons (Fsp3) is 0. The molecular formula is C15H14Cl2FN5. The van der Waals surface area contributed by atoms with Crippen molar-refractivity contribution in [2.45, 2.75) is 0 Å². The summed E-state index contributed by atoms with van der Waals surface area (Å²) in [6.45, 7) is 0. The normalized spacial score (nSPS) is 11.7. The van der Waals surface area contributed by atoms with Crippen molar-refractivity contribution in [3.63, 3.8) is 0 Å². The van der Waals surface area contributed by atoms with E-state index in [4.69, 9.17) is 17.3 Å². The highest BCUT2D eigenvalue weighted by molar-refractivity contribution is 6.30. The Hall–Kier alpha value is -2.44. The number of benzene rings is 2. The third-order valence-corrected chi connectivity index (χ3v) is 2.78. The summed E-state index contributed by atoms with van der Waals surface area (Å²) in [7, 11) is 0. The zero-order chi connectivity index (χ0) is 15.8. The number of hydrogen-bond acceptors (Lipinski definition) is 3. The van der Waals surface area contributed by atoms with Crippen LogP contribution < -0.4 is 11.2 Å². The third kappa shape index (κ3) is 6.46. The number of hydrogen-bond donors (Lipinski definition) is 2. The number of guanidine groups is 1. The number of nitrogens with zero attached hydrogens (tertiary/aromatic N) is 3. The lowest BCUT2D eigenvalue weighted by molar-refractivity contribution is 0.626. The monoisotopic (exact) mass is 353 g/mol. The molecule has 0 heterocycles. The van der Waals surface area contributed by atoms with Gasteiger partial charge in [0.1, 0.15) is 5.82 Å². The second-order valence-corrected chi connectivity index (χ2v) is 4.61. The molecule has 2 aromatic carbocycles. The quantitative estimate of drug-likeness (QED) is 0.503. The van der Waals surface area contributed by atoms with Gasteiger partial charge in [-0.25, -0.2) is 9.82 Å². The van der Waals surface area contributed by atoms with E-state index in [1.165, 1.54) is 12.3 Å². The van der Waals surface area contributed by atoms with Crippen molar-refractivity contribution in [2.75, 3.05) is 0 Å². The Bertz CT molecular complexity index is 714. The van der Waals surface area contributed by atoms with Crippen LogP contribution in [0, 0.1) is 5.82 Å². The van der Waals surface area contributed by atoms with Crippen LogP contribution in [0.2, 0.25) is 5.02 Å². The van der Waals surface area contributed by atoms with E-state index in [0.29, 0.717) is 10.6 Å². The van der Waals surface area contributed by atoms with Gasteiger partial charge in [-0.1, -0.05) is 41.9 Å². The molecule has 0 spiro atoms. The van der Waals surface area contributed by atoms with Crippen molar-refractivity contribution in [3.8, 4) is 0 Å². The van der Waals surface area contributed by atoms with Crippen LogP contribution in [0.3, 0.4) is 0 Å². The highest BCUT2D eigenvalue weighted by atomic mass is 35.5. The predicted molar refractivity (Wildman–Crippen MR) is 95.0 cm³/mol. The molecule has 0 amide bonds. The first-order valence-electron chi connectivity index (χ1n) is 6.31. The first kappa shape index (κ1) is 18.6. The van der Waals surface area contributed by atoms with E-state index >= 15 is 0 Å². The van der Waals surface area contributed by atoms with Crippen molar-refractivity contribution in [3.05, 3.63) is 70.5 Å². The second kappa shape index (κ2) is 9.55. The van der Waals surface area contributed by atoms with Gasteiger partial charge in [0.05, 0.1) is 12.4 Å². The molecule has 0 aliphatic heterocycles. The maximum absolute atomic E-state index is 13.3. The SMILES string of the molecule is Cl.NC(=NN=Cc1ccccc1F)NN=Cc1ccc(Cl)cc1. The first-order chi connectivity index (χ1) is 10.6. The van der Waals surface area contributed by atoms with Gasteiger partial charge in [0.25, 0.3) is 0 Å². The first-order valence-corrected chi connectivity index (χ1v) is 6.68. The molecule has 8 heteroatoms. The molecule has 0 saturated heterocycles. The Kier molecular flexibility index (Phi) is 7.73. The van der Waals surface area contributed by atoms with E-state index < -0.39 is 0 Å². The largest absolute Gasteiger partial charge is 0.367 e. The number of halogens is 3. The topological polar surface area (TPSA) is 75.1 Å². The molecule has 0 saturated carbocycles. The lowest BCUT2D eigenvalue weighted by Crippen LogP contribution is -2.26. The zero-order valence-corrected chi connectivity index (χ0v) is 13.4. The lowest BCUT2D eigenvalue weighted by Gasteiger charge is -1.97. The molecule has 0 radical (unpaired) electrons. The summed E-state index contributed by atoms with van der Waals surface area (Å²) in [6.07, 6.45) is 2.83. The highest BCUT2D eigenvalue weighted by Gasteiger charge is 1.95. The molecule has 23 heavy (non-hydrogen) atoms. The zero-order valence-electron chi connectivity index (χ0n) is 11.9. The Morgan fingerprint density at radius 2 is 1.78 bits per heavy atom. The maximum atomic E-state index is 13.3. The van der Waals surface area contributed by atoms with E-state index in [-0.39, 0.29) is 24.2 Å². The molecule has 5 nitrogen and oxygen atoms in total. The fourth-order valence-corrected chi connectivity index (χ4v) is 1.60. The van der Waals surface area contributed by atoms with Gasteiger partial charge in [-0.05, 0) is 23.8 Å². The van der Waals surface area contributed by atoms with Crippen molar-refractivity contribution in [1.29, 1.82) is 0 Å². The minimum absolute atomic E-state index is 0. The van der Waals surface area contributed by atoms with Crippen LogP contribution in [0.4, 0.5) is 4.39 Å². The van der Waals surface area contributed by atoms with Gasteiger partial charge in [-0.15, -0.1) is 17.5 Å². The molecule has 3 N–H and O–H groups in total. The van der Waals surface area contributed by atoms with Gasteiger partial charge in [0, 0.05) is 10.6 Å². The minimum Gasteiger partial charge on any atom is -0.367 e. The summed E-state index contributed by atoms with van der Waals surface area (Å²) in [5.41, 5.74) is 9.23. The van der Waals surface area contributed by atoms with E-state index in [9.17, 15) is 4.39 Å². The summed E-state index contributed by atoms with van der Waals surface area (Å²) in [6, 6.07) is 13.3. The molecule has 0 aliphatic rings. The summed E-state index contributed by atoms with van der Waals surface area (Å²) in [5.74, 6) is -0.397. The standard InChI is InChI=1S/C15H13ClFN5.ClH/c16-13-7-5-11(6-8-13)9-19-21-15(18)22-20-10-12-3-1-2-4-14(12)17;/h1-10H,(H3,18,21,22);1H. The Labute approximate surface area is 144 Å². The second-order valence-electron chi connectivity index (χ2n) is 4.17. The van der Waals surface area contributed by atoms with E-state index in [1.807, 2.05) is 0 Å². The average Bonchev–Trinajstić information content (AvgIpc) is 2.51. The van der Waals surface area contributed by atoms with Crippen molar-refractivity contribution < 1.29 is 4.39 Å². The van der Waals surface area contributed by atoms with Crippen LogP contribution in [0.15, 0.2) is 63.8 Å². The van der Waals surface area contributed by atoms with Gasteiger partial charge < -0.3 is 5.73 Å². The molecule has 120 valence electrons. The summed E-state index contributed by atoms with van der Waals surface area (Å²) < 4.78 is 13.3. The Morgan fingerprint density at radius 3 is 2.48 bits per heavy atom. The van der Waals surface area contributed by atoms with E-state index in [0.717, 1.165) is 5.56 Å². The van der Waals surface area contributed by atoms with Crippen LogP contribution >= 0.6 is 24.0 Å². The van der Waals surface area contributed by atoms with Crippen LogP contribution in [-0.2, 0) is 0 Å². The Balaban J connectivity index is 0.00000264. The van der Waals surface area contributed by atoms with Crippen molar-refractivity contribution in [2.24, 2.45) is 21.0 Å². The highest BCUT2D eigenvalue weighted by Crippen LogP contribution is 2.07. The number of hydrazone groups is 1. The van der Waals surface area contributed by atoms with Crippen LogP contribution in [-0.4, -0.2) is 18.4 Å². The average molecular weight is 354 g/mol. The van der Waals surface area contributed by atoms with Gasteiger partial charge in [-0.3, -0.25) is 0 Å². The predicted octanol–water partition coefficient (Wildman–Crippen LogP) is 3.17. The third-order valence-electron chi connectivity index (χ3n) is 2.53.